The Kier molecular flexibility index (Phi) is 6.40. The van der Waals surface area contributed by atoms with Crippen LogP contribution in [-0.4, -0.2) is 4.57 Å². The number of fused-ring (bicyclic) bond motifs is 3. The summed E-state index contributed by atoms with van der Waals surface area (Å²) in [6, 6.07) is 54.6. The third kappa shape index (κ3) is 4.65. The van der Waals surface area contributed by atoms with E-state index in [4.69, 9.17) is 0 Å². The summed E-state index contributed by atoms with van der Waals surface area (Å²) in [4.78, 5) is 2.34. The van der Waals surface area contributed by atoms with Crippen LogP contribution in [0, 0.1) is 0 Å². The van der Waals surface area contributed by atoms with Crippen LogP contribution in [0.2, 0.25) is 0 Å². The van der Waals surface area contributed by atoms with Gasteiger partial charge in [0.1, 0.15) is 0 Å². The number of rotatable bonds is 5. The topological polar surface area (TPSA) is 8.17 Å². The molecule has 7 aromatic rings. The van der Waals surface area contributed by atoms with Crippen molar-refractivity contribution in [3.63, 3.8) is 0 Å². The van der Waals surface area contributed by atoms with E-state index < -0.39 is 0 Å². The lowest BCUT2D eigenvalue weighted by Crippen LogP contribution is -2.21. The molecule has 2 heteroatoms. The monoisotopic (exact) mass is 542 g/mol. The average molecular weight is 543 g/mol. The SMILES string of the molecule is CC(C)(C)n1c2ccccc2c2cc(-c3cccc(N(c4ccccc4)c4ccc(-c5ccccc5)cc4)c3)ccc21. The van der Waals surface area contributed by atoms with Gasteiger partial charge in [-0.2, -0.15) is 0 Å². The lowest BCUT2D eigenvalue weighted by Gasteiger charge is -2.26. The molecule has 42 heavy (non-hydrogen) atoms. The first-order valence-corrected chi connectivity index (χ1v) is 14.6. The standard InChI is InChI=1S/C40H34N2/c1-40(2,3)42-38-20-11-10-19-36(38)37-28-32(23-26-39(37)42)31-15-12-18-35(27-31)41(33-16-8-5-9-17-33)34-24-21-30(22-25-34)29-13-6-4-7-14-29/h4-28H,1-3H3. The Bertz CT molecular complexity index is 1990. The number of anilines is 3. The van der Waals surface area contributed by atoms with Crippen LogP contribution in [0.25, 0.3) is 44.1 Å². The maximum atomic E-state index is 2.47. The minimum Gasteiger partial charge on any atom is -0.335 e. The Hall–Kier alpha value is -5.08. The van der Waals surface area contributed by atoms with Crippen molar-refractivity contribution in [1.29, 1.82) is 0 Å². The van der Waals surface area contributed by atoms with Crippen LogP contribution in [-0.2, 0) is 5.54 Å². The molecule has 1 aromatic heterocycles. The minimum atomic E-state index is -0.0188. The van der Waals surface area contributed by atoms with Gasteiger partial charge in [-0.05, 0) is 97.6 Å². The third-order valence-electron chi connectivity index (χ3n) is 8.03. The highest BCUT2D eigenvalue weighted by Crippen LogP contribution is 2.39. The van der Waals surface area contributed by atoms with Crippen LogP contribution in [0.3, 0.4) is 0 Å². The van der Waals surface area contributed by atoms with Gasteiger partial charge in [0.2, 0.25) is 0 Å². The summed E-state index contributed by atoms with van der Waals surface area (Å²) >= 11 is 0. The summed E-state index contributed by atoms with van der Waals surface area (Å²) < 4.78 is 2.47. The molecule has 7 rings (SSSR count). The van der Waals surface area contributed by atoms with Crippen molar-refractivity contribution in [1.82, 2.24) is 4.57 Å². The Morgan fingerprint density at radius 2 is 0.929 bits per heavy atom. The van der Waals surface area contributed by atoms with Gasteiger partial charge in [0, 0.05) is 44.4 Å². The molecule has 0 fully saturated rings. The molecule has 0 saturated carbocycles. The third-order valence-corrected chi connectivity index (χ3v) is 8.03. The highest BCUT2D eigenvalue weighted by atomic mass is 15.1. The first-order valence-electron chi connectivity index (χ1n) is 14.6. The van der Waals surface area contributed by atoms with E-state index in [9.17, 15) is 0 Å². The van der Waals surface area contributed by atoms with E-state index in [2.05, 4.69) is 182 Å². The smallest absolute Gasteiger partial charge is 0.0496 e. The molecular formula is C40H34N2. The van der Waals surface area contributed by atoms with E-state index in [1.54, 1.807) is 0 Å². The van der Waals surface area contributed by atoms with E-state index >= 15 is 0 Å². The second kappa shape index (κ2) is 10.4. The van der Waals surface area contributed by atoms with Gasteiger partial charge in [-0.3, -0.25) is 0 Å². The molecule has 2 nitrogen and oxygen atoms in total. The quantitative estimate of drug-likeness (QED) is 0.210. The number of benzene rings is 6. The van der Waals surface area contributed by atoms with E-state index in [1.807, 2.05) is 0 Å². The summed E-state index contributed by atoms with van der Waals surface area (Å²) in [6.45, 7) is 6.84. The molecule has 0 unspecified atom stereocenters. The molecule has 0 spiro atoms. The average Bonchev–Trinajstić information content (AvgIpc) is 3.37. The Morgan fingerprint density at radius 1 is 0.405 bits per heavy atom. The van der Waals surface area contributed by atoms with Crippen LogP contribution >= 0.6 is 0 Å². The fourth-order valence-electron chi connectivity index (χ4n) is 6.16. The summed E-state index contributed by atoms with van der Waals surface area (Å²) in [6.07, 6.45) is 0. The zero-order valence-electron chi connectivity index (χ0n) is 24.3. The highest BCUT2D eigenvalue weighted by molar-refractivity contribution is 6.09. The Balaban J connectivity index is 1.33. The van der Waals surface area contributed by atoms with Gasteiger partial charge in [0.25, 0.3) is 0 Å². The van der Waals surface area contributed by atoms with Crippen LogP contribution in [0.5, 0.6) is 0 Å². The maximum absolute atomic E-state index is 2.47. The molecule has 0 radical (unpaired) electrons. The fourth-order valence-corrected chi connectivity index (χ4v) is 6.16. The first-order chi connectivity index (χ1) is 20.5. The van der Waals surface area contributed by atoms with Crippen molar-refractivity contribution in [3.8, 4) is 22.3 Å². The number of aromatic nitrogens is 1. The molecule has 6 aromatic carbocycles. The van der Waals surface area contributed by atoms with Crippen LogP contribution in [0.4, 0.5) is 17.1 Å². The van der Waals surface area contributed by atoms with Crippen molar-refractivity contribution in [2.75, 3.05) is 4.90 Å². The van der Waals surface area contributed by atoms with Crippen molar-refractivity contribution < 1.29 is 0 Å². The zero-order chi connectivity index (χ0) is 28.7. The highest BCUT2D eigenvalue weighted by Gasteiger charge is 2.21. The maximum Gasteiger partial charge on any atom is 0.0496 e. The van der Waals surface area contributed by atoms with Crippen molar-refractivity contribution in [3.05, 3.63) is 152 Å². The van der Waals surface area contributed by atoms with Crippen LogP contribution in [0.1, 0.15) is 20.8 Å². The van der Waals surface area contributed by atoms with Gasteiger partial charge in [-0.1, -0.05) is 97.1 Å². The number of para-hydroxylation sites is 2. The fraction of sp³-hybridized carbons (Fsp3) is 0.100. The number of hydrogen-bond donors (Lipinski definition) is 0. The van der Waals surface area contributed by atoms with Crippen molar-refractivity contribution in [2.45, 2.75) is 26.3 Å². The van der Waals surface area contributed by atoms with Gasteiger partial charge < -0.3 is 9.47 Å². The first kappa shape index (κ1) is 25.9. The molecule has 1 heterocycles. The predicted molar refractivity (Wildman–Crippen MR) is 180 cm³/mol. The van der Waals surface area contributed by atoms with Crippen molar-refractivity contribution >= 4 is 38.9 Å². The van der Waals surface area contributed by atoms with Gasteiger partial charge in [-0.15, -0.1) is 0 Å². The van der Waals surface area contributed by atoms with Gasteiger partial charge in [0.05, 0.1) is 0 Å². The molecule has 0 aliphatic rings. The number of nitrogens with zero attached hydrogens (tertiary/aromatic N) is 2. The molecular weight excluding hydrogens is 508 g/mol. The second-order valence-electron chi connectivity index (χ2n) is 11.9. The van der Waals surface area contributed by atoms with Crippen LogP contribution in [0.15, 0.2) is 152 Å². The molecule has 0 bridgehead atoms. The van der Waals surface area contributed by atoms with Gasteiger partial charge >= 0.3 is 0 Å². The summed E-state index contributed by atoms with van der Waals surface area (Å²) in [5.74, 6) is 0. The number of hydrogen-bond acceptors (Lipinski definition) is 1. The molecule has 0 saturated heterocycles. The van der Waals surface area contributed by atoms with Gasteiger partial charge in [-0.25, -0.2) is 0 Å². The van der Waals surface area contributed by atoms with E-state index in [1.165, 1.54) is 44.1 Å². The summed E-state index contributed by atoms with van der Waals surface area (Å²) in [5.41, 5.74) is 10.8. The molecule has 204 valence electrons. The molecule has 0 N–H and O–H groups in total. The van der Waals surface area contributed by atoms with E-state index in [0.717, 1.165) is 17.1 Å². The summed E-state index contributed by atoms with van der Waals surface area (Å²) in [5, 5.41) is 2.59. The largest absolute Gasteiger partial charge is 0.335 e. The Labute approximate surface area is 248 Å². The minimum absolute atomic E-state index is 0.0188. The molecule has 0 atom stereocenters. The normalized spacial score (nSPS) is 11.7. The zero-order valence-corrected chi connectivity index (χ0v) is 24.3. The Morgan fingerprint density at radius 3 is 1.67 bits per heavy atom. The van der Waals surface area contributed by atoms with E-state index in [0.29, 0.717) is 0 Å². The predicted octanol–water partition coefficient (Wildman–Crippen LogP) is 11.4. The van der Waals surface area contributed by atoms with Crippen LogP contribution < -0.4 is 4.90 Å². The van der Waals surface area contributed by atoms with Gasteiger partial charge in [0.15, 0.2) is 0 Å². The lowest BCUT2D eigenvalue weighted by molar-refractivity contribution is 0.423. The lowest BCUT2D eigenvalue weighted by atomic mass is 10.0. The molecule has 0 amide bonds. The van der Waals surface area contributed by atoms with Crippen molar-refractivity contribution in [2.24, 2.45) is 0 Å². The second-order valence-corrected chi connectivity index (χ2v) is 11.9. The van der Waals surface area contributed by atoms with E-state index in [-0.39, 0.29) is 5.54 Å². The molecule has 0 aliphatic heterocycles. The molecule has 0 aliphatic carbocycles. The summed E-state index contributed by atoms with van der Waals surface area (Å²) in [7, 11) is 0.